The van der Waals surface area contributed by atoms with E-state index < -0.39 is 5.82 Å². The van der Waals surface area contributed by atoms with Crippen LogP contribution < -0.4 is 4.74 Å². The number of hydrogen-bond donors (Lipinski definition) is 0. The van der Waals surface area contributed by atoms with Gasteiger partial charge in [-0.15, -0.1) is 0 Å². The fourth-order valence-electron chi connectivity index (χ4n) is 1.78. The number of ether oxygens (including phenoxy) is 2. The molecule has 1 amide bonds. The van der Waals surface area contributed by atoms with Crippen molar-refractivity contribution in [3.05, 3.63) is 29.6 Å². The molecule has 1 aromatic carbocycles. The molecule has 1 aliphatic rings. The van der Waals surface area contributed by atoms with Gasteiger partial charge in [0.1, 0.15) is 0 Å². The zero-order chi connectivity index (χ0) is 13.0. The predicted octanol–water partition coefficient (Wildman–Crippen LogP) is 1.37. The van der Waals surface area contributed by atoms with Gasteiger partial charge in [0.25, 0.3) is 5.91 Å². The van der Waals surface area contributed by atoms with E-state index in [-0.39, 0.29) is 18.3 Å². The second-order valence-corrected chi connectivity index (χ2v) is 4.17. The summed E-state index contributed by atoms with van der Waals surface area (Å²) in [6.07, 6.45) is 0. The first-order valence-electron chi connectivity index (χ1n) is 5.92. The fraction of sp³-hybridized carbons (Fsp3) is 0.462. The van der Waals surface area contributed by atoms with E-state index >= 15 is 0 Å². The van der Waals surface area contributed by atoms with E-state index in [1.165, 1.54) is 6.07 Å². The zero-order valence-corrected chi connectivity index (χ0v) is 10.3. The minimum absolute atomic E-state index is 0.122. The molecular formula is C13H16FNO3. The van der Waals surface area contributed by atoms with Crippen LogP contribution in [0.3, 0.4) is 0 Å². The Hall–Kier alpha value is -1.62. The first-order chi connectivity index (χ1) is 8.68. The average Bonchev–Trinajstić information content (AvgIpc) is 2.41. The third kappa shape index (κ3) is 2.98. The Morgan fingerprint density at radius 3 is 2.89 bits per heavy atom. The third-order valence-electron chi connectivity index (χ3n) is 2.87. The van der Waals surface area contributed by atoms with Crippen molar-refractivity contribution in [3.8, 4) is 5.75 Å². The van der Waals surface area contributed by atoms with Gasteiger partial charge in [-0.25, -0.2) is 4.39 Å². The fourth-order valence-corrected chi connectivity index (χ4v) is 1.78. The Balaban J connectivity index is 1.90. The molecule has 1 heterocycles. The molecule has 1 saturated heterocycles. The quantitative estimate of drug-likeness (QED) is 0.816. The number of nitrogens with zero attached hydrogens (tertiary/aromatic N) is 1. The SMILES string of the molecule is Cc1cccc(OCC(=O)N2CCOCC2)c1F. The van der Waals surface area contributed by atoms with Gasteiger partial charge in [-0.2, -0.15) is 0 Å². The minimum Gasteiger partial charge on any atom is -0.481 e. The molecule has 0 aliphatic carbocycles. The van der Waals surface area contributed by atoms with Crippen LogP contribution in [0.5, 0.6) is 5.75 Å². The van der Waals surface area contributed by atoms with E-state index in [1.807, 2.05) is 0 Å². The molecule has 2 rings (SSSR count). The van der Waals surface area contributed by atoms with E-state index in [9.17, 15) is 9.18 Å². The Morgan fingerprint density at radius 1 is 1.44 bits per heavy atom. The number of morpholine rings is 1. The van der Waals surface area contributed by atoms with Gasteiger partial charge in [0, 0.05) is 13.1 Å². The summed E-state index contributed by atoms with van der Waals surface area (Å²) in [5.41, 5.74) is 0.506. The van der Waals surface area contributed by atoms with Crippen LogP contribution in [0.15, 0.2) is 18.2 Å². The van der Waals surface area contributed by atoms with Gasteiger partial charge in [-0.3, -0.25) is 4.79 Å². The van der Waals surface area contributed by atoms with Crippen molar-refractivity contribution in [2.24, 2.45) is 0 Å². The van der Waals surface area contributed by atoms with Crippen LogP contribution >= 0.6 is 0 Å². The number of hydrogen-bond acceptors (Lipinski definition) is 3. The lowest BCUT2D eigenvalue weighted by atomic mass is 10.2. The number of halogens is 1. The van der Waals surface area contributed by atoms with Crippen LogP contribution in [0.4, 0.5) is 4.39 Å². The molecule has 0 saturated carbocycles. The average molecular weight is 253 g/mol. The van der Waals surface area contributed by atoms with Crippen LogP contribution in [0, 0.1) is 12.7 Å². The molecule has 0 N–H and O–H groups in total. The molecule has 0 unspecified atom stereocenters. The zero-order valence-electron chi connectivity index (χ0n) is 10.3. The highest BCUT2D eigenvalue weighted by Crippen LogP contribution is 2.19. The standard InChI is InChI=1S/C13H16FNO3/c1-10-3-2-4-11(13(10)14)18-9-12(16)15-5-7-17-8-6-15/h2-4H,5-9H2,1H3. The smallest absolute Gasteiger partial charge is 0.260 e. The molecule has 98 valence electrons. The summed E-state index contributed by atoms with van der Waals surface area (Å²) in [6, 6.07) is 4.88. The van der Waals surface area contributed by atoms with Gasteiger partial charge >= 0.3 is 0 Å². The van der Waals surface area contributed by atoms with Gasteiger partial charge in [0.2, 0.25) is 0 Å². The highest BCUT2D eigenvalue weighted by Gasteiger charge is 2.17. The summed E-state index contributed by atoms with van der Waals surface area (Å²) in [5, 5.41) is 0. The lowest BCUT2D eigenvalue weighted by molar-refractivity contribution is -0.137. The molecule has 0 spiro atoms. The van der Waals surface area contributed by atoms with E-state index in [4.69, 9.17) is 9.47 Å². The molecule has 18 heavy (non-hydrogen) atoms. The summed E-state index contributed by atoms with van der Waals surface area (Å²) in [7, 11) is 0. The number of carbonyl (C=O) groups is 1. The molecule has 1 aromatic rings. The second-order valence-electron chi connectivity index (χ2n) is 4.17. The van der Waals surface area contributed by atoms with E-state index in [1.54, 1.807) is 24.0 Å². The summed E-state index contributed by atoms with van der Waals surface area (Å²) in [4.78, 5) is 13.5. The largest absolute Gasteiger partial charge is 0.481 e. The van der Waals surface area contributed by atoms with Gasteiger partial charge in [0.15, 0.2) is 18.2 Å². The number of carbonyl (C=O) groups excluding carboxylic acids is 1. The first kappa shape index (κ1) is 12.8. The van der Waals surface area contributed by atoms with Gasteiger partial charge in [-0.1, -0.05) is 12.1 Å². The number of benzene rings is 1. The normalized spacial score (nSPS) is 15.6. The molecule has 0 atom stereocenters. The predicted molar refractivity (Wildman–Crippen MR) is 64.0 cm³/mol. The second kappa shape index (κ2) is 5.82. The van der Waals surface area contributed by atoms with Crippen molar-refractivity contribution < 1.29 is 18.7 Å². The Morgan fingerprint density at radius 2 is 2.17 bits per heavy atom. The lowest BCUT2D eigenvalue weighted by Gasteiger charge is -2.26. The molecule has 0 bridgehead atoms. The van der Waals surface area contributed by atoms with Gasteiger partial charge < -0.3 is 14.4 Å². The molecule has 1 fully saturated rings. The van der Waals surface area contributed by atoms with E-state index in [2.05, 4.69) is 0 Å². The maximum atomic E-state index is 13.6. The van der Waals surface area contributed by atoms with Crippen molar-refractivity contribution in [1.29, 1.82) is 0 Å². The monoisotopic (exact) mass is 253 g/mol. The van der Waals surface area contributed by atoms with E-state index in [0.29, 0.717) is 31.9 Å². The Kier molecular flexibility index (Phi) is 4.15. The van der Waals surface area contributed by atoms with Crippen molar-refractivity contribution in [2.45, 2.75) is 6.92 Å². The minimum atomic E-state index is -0.410. The van der Waals surface area contributed by atoms with Gasteiger partial charge in [-0.05, 0) is 18.6 Å². The summed E-state index contributed by atoms with van der Waals surface area (Å²) in [5.74, 6) is -0.428. The summed E-state index contributed by atoms with van der Waals surface area (Å²) in [6.45, 7) is 3.75. The molecule has 1 aliphatic heterocycles. The number of aryl methyl sites for hydroxylation is 1. The van der Waals surface area contributed by atoms with Crippen LogP contribution in [-0.4, -0.2) is 43.7 Å². The molecule has 0 aromatic heterocycles. The number of amides is 1. The topological polar surface area (TPSA) is 38.8 Å². The Labute approximate surface area is 105 Å². The van der Waals surface area contributed by atoms with Crippen LogP contribution in [0.25, 0.3) is 0 Å². The summed E-state index contributed by atoms with van der Waals surface area (Å²) < 4.78 is 24.0. The molecular weight excluding hydrogens is 237 g/mol. The molecule has 4 nitrogen and oxygen atoms in total. The Bertz CT molecular complexity index is 430. The molecule has 0 radical (unpaired) electrons. The summed E-state index contributed by atoms with van der Waals surface area (Å²) >= 11 is 0. The maximum Gasteiger partial charge on any atom is 0.260 e. The number of rotatable bonds is 3. The highest BCUT2D eigenvalue weighted by atomic mass is 19.1. The highest BCUT2D eigenvalue weighted by molar-refractivity contribution is 5.77. The van der Waals surface area contributed by atoms with Crippen molar-refractivity contribution >= 4 is 5.91 Å². The maximum absolute atomic E-state index is 13.6. The van der Waals surface area contributed by atoms with Crippen LogP contribution in [-0.2, 0) is 9.53 Å². The van der Waals surface area contributed by atoms with Crippen molar-refractivity contribution in [1.82, 2.24) is 4.90 Å². The van der Waals surface area contributed by atoms with Crippen molar-refractivity contribution in [2.75, 3.05) is 32.9 Å². The first-order valence-corrected chi connectivity index (χ1v) is 5.92. The van der Waals surface area contributed by atoms with Crippen LogP contribution in [0.1, 0.15) is 5.56 Å². The van der Waals surface area contributed by atoms with E-state index in [0.717, 1.165) is 0 Å². The molecule has 5 heteroatoms. The van der Waals surface area contributed by atoms with Crippen LogP contribution in [0.2, 0.25) is 0 Å². The lowest BCUT2D eigenvalue weighted by Crippen LogP contribution is -2.43. The van der Waals surface area contributed by atoms with Gasteiger partial charge in [0.05, 0.1) is 13.2 Å². The third-order valence-corrected chi connectivity index (χ3v) is 2.87. The van der Waals surface area contributed by atoms with Crippen molar-refractivity contribution in [3.63, 3.8) is 0 Å².